The topological polar surface area (TPSA) is 54.3 Å². The number of carbonyl (C=O) groups excluding carboxylic acids is 2. The quantitative estimate of drug-likeness (QED) is 0.870. The fraction of sp³-hybridized carbons (Fsp3) is 0.429. The molecule has 1 fully saturated rings. The van der Waals surface area contributed by atoms with Crippen molar-refractivity contribution in [2.75, 3.05) is 4.90 Å². The number of amides is 2. The predicted molar refractivity (Wildman–Crippen MR) is 106 cm³/mol. The fourth-order valence-corrected chi connectivity index (χ4v) is 4.27. The molecule has 27 heavy (non-hydrogen) atoms. The number of nitrogens with zero attached hydrogens (tertiary/aromatic N) is 2. The Balaban J connectivity index is 1.64. The zero-order valence-electron chi connectivity index (χ0n) is 15.4. The Labute approximate surface area is 164 Å². The first-order valence-electron chi connectivity index (χ1n) is 9.56. The van der Waals surface area contributed by atoms with Crippen molar-refractivity contribution in [1.29, 1.82) is 0 Å². The molecule has 2 heterocycles. The molecular formula is C21H24ClN3O2. The predicted octanol–water partition coefficient (Wildman–Crippen LogP) is 3.92. The molecule has 0 radical (unpaired) electrons. The van der Waals surface area contributed by atoms with Crippen molar-refractivity contribution < 1.29 is 9.59 Å². The average molecular weight is 386 g/mol. The molecule has 5 nitrogen and oxygen atoms in total. The minimum Gasteiger partial charge on any atom is -0.351 e. The Morgan fingerprint density at radius 3 is 2.52 bits per heavy atom. The lowest BCUT2D eigenvalue weighted by molar-refractivity contribution is -0.128. The normalized spacial score (nSPS) is 25.2. The highest BCUT2D eigenvalue weighted by molar-refractivity contribution is 6.30. The van der Waals surface area contributed by atoms with Crippen LogP contribution in [0.4, 0.5) is 5.69 Å². The van der Waals surface area contributed by atoms with Crippen molar-refractivity contribution in [2.45, 2.75) is 51.2 Å². The molecule has 4 rings (SSSR count). The van der Waals surface area contributed by atoms with Crippen LogP contribution >= 0.6 is 11.6 Å². The molecule has 1 aliphatic heterocycles. The molecule has 0 bridgehead atoms. The second kappa shape index (κ2) is 7.39. The van der Waals surface area contributed by atoms with Crippen LogP contribution in [0.2, 0.25) is 5.02 Å². The lowest BCUT2D eigenvalue weighted by atomic mass is 9.87. The van der Waals surface area contributed by atoms with Gasteiger partial charge in [0.25, 0.3) is 0 Å². The van der Waals surface area contributed by atoms with Crippen molar-refractivity contribution in [2.24, 2.45) is 5.92 Å². The monoisotopic (exact) mass is 385 g/mol. The maximum absolute atomic E-state index is 13.3. The smallest absolute Gasteiger partial charge is 0.249 e. The number of aromatic nitrogens is 1. The van der Waals surface area contributed by atoms with Crippen LogP contribution in [-0.4, -0.2) is 22.4 Å². The Hall–Kier alpha value is -2.27. The molecule has 2 amide bonds. The molecule has 0 spiro atoms. The first kappa shape index (κ1) is 18.1. The number of benzene rings is 1. The van der Waals surface area contributed by atoms with Gasteiger partial charge in [0.15, 0.2) is 6.04 Å². The second-order valence-electron chi connectivity index (χ2n) is 7.67. The molecular weight excluding hydrogens is 362 g/mol. The maximum atomic E-state index is 13.3. The maximum Gasteiger partial charge on any atom is 0.249 e. The van der Waals surface area contributed by atoms with E-state index in [0.717, 1.165) is 37.3 Å². The Kier molecular flexibility index (Phi) is 4.96. The average Bonchev–Trinajstić information content (AvgIpc) is 3.11. The molecule has 1 N–H and O–H groups in total. The van der Waals surface area contributed by atoms with E-state index in [1.807, 2.05) is 22.9 Å². The summed E-state index contributed by atoms with van der Waals surface area (Å²) >= 11 is 6.00. The van der Waals surface area contributed by atoms with Gasteiger partial charge >= 0.3 is 0 Å². The third kappa shape index (κ3) is 3.61. The minimum atomic E-state index is -0.665. The van der Waals surface area contributed by atoms with E-state index in [2.05, 4.69) is 12.2 Å². The molecule has 2 aliphatic rings. The molecule has 1 aromatic carbocycles. The van der Waals surface area contributed by atoms with Crippen molar-refractivity contribution in [3.05, 3.63) is 53.3 Å². The van der Waals surface area contributed by atoms with Gasteiger partial charge in [0.05, 0.1) is 5.69 Å². The lowest BCUT2D eigenvalue weighted by Gasteiger charge is -2.37. The van der Waals surface area contributed by atoms with Crippen LogP contribution in [0.15, 0.2) is 42.6 Å². The molecule has 2 aromatic rings. The number of carbonyl (C=O) groups is 2. The summed E-state index contributed by atoms with van der Waals surface area (Å²) in [4.78, 5) is 27.7. The van der Waals surface area contributed by atoms with Gasteiger partial charge in [-0.25, -0.2) is 0 Å². The number of rotatable bonds is 3. The van der Waals surface area contributed by atoms with Gasteiger partial charge in [-0.15, -0.1) is 0 Å². The number of hydrogen-bond donors (Lipinski definition) is 1. The number of fused-ring (bicyclic) bond motifs is 1. The van der Waals surface area contributed by atoms with Crippen LogP contribution in [-0.2, 0) is 16.1 Å². The summed E-state index contributed by atoms with van der Waals surface area (Å²) in [6, 6.07) is 10.4. The van der Waals surface area contributed by atoms with E-state index in [-0.39, 0.29) is 24.4 Å². The van der Waals surface area contributed by atoms with Crippen LogP contribution in [0.1, 0.15) is 44.3 Å². The van der Waals surface area contributed by atoms with E-state index >= 15 is 0 Å². The molecule has 0 unspecified atom stereocenters. The summed E-state index contributed by atoms with van der Waals surface area (Å²) in [6.45, 7) is 2.49. The van der Waals surface area contributed by atoms with Gasteiger partial charge in [0, 0.05) is 22.9 Å². The number of halogens is 1. The summed E-state index contributed by atoms with van der Waals surface area (Å²) in [5, 5.41) is 3.80. The Morgan fingerprint density at radius 2 is 1.81 bits per heavy atom. The molecule has 6 heteroatoms. The van der Waals surface area contributed by atoms with E-state index in [4.69, 9.17) is 11.6 Å². The van der Waals surface area contributed by atoms with E-state index < -0.39 is 6.04 Å². The minimum absolute atomic E-state index is 0.0987. The zero-order chi connectivity index (χ0) is 19.0. The summed E-state index contributed by atoms with van der Waals surface area (Å²) in [5.74, 6) is 0.508. The standard InChI is InChI=1S/C21H24ClN3O2/c1-14-4-8-16(9-5-14)23-21(27)20-18-3-2-12-24(18)13-19(26)25(20)17-10-6-15(22)7-11-17/h2-3,6-7,10-12,14,16,20H,4-5,8-9,13H2,1H3,(H,23,27)/t14?,16?,20-/m1/s1. The summed E-state index contributed by atoms with van der Waals surface area (Å²) in [6.07, 6.45) is 6.11. The highest BCUT2D eigenvalue weighted by atomic mass is 35.5. The number of nitrogens with one attached hydrogen (secondary N) is 1. The molecule has 1 aromatic heterocycles. The zero-order valence-corrected chi connectivity index (χ0v) is 16.2. The van der Waals surface area contributed by atoms with E-state index in [9.17, 15) is 9.59 Å². The van der Waals surface area contributed by atoms with Gasteiger partial charge in [-0.3, -0.25) is 14.5 Å². The fourth-order valence-electron chi connectivity index (χ4n) is 4.15. The lowest BCUT2D eigenvalue weighted by Crippen LogP contribution is -2.51. The number of anilines is 1. The molecule has 1 aliphatic carbocycles. The van der Waals surface area contributed by atoms with E-state index in [0.29, 0.717) is 10.7 Å². The first-order chi connectivity index (χ1) is 13.0. The van der Waals surface area contributed by atoms with Gasteiger partial charge in [0.2, 0.25) is 11.8 Å². The van der Waals surface area contributed by atoms with Gasteiger partial charge in [-0.1, -0.05) is 18.5 Å². The first-order valence-corrected chi connectivity index (χ1v) is 9.94. The van der Waals surface area contributed by atoms with Crippen LogP contribution in [0.25, 0.3) is 0 Å². The van der Waals surface area contributed by atoms with Crippen LogP contribution in [0, 0.1) is 5.92 Å². The largest absolute Gasteiger partial charge is 0.351 e. The van der Waals surface area contributed by atoms with Gasteiger partial charge in [-0.05, 0) is 68.0 Å². The molecule has 1 atom stereocenters. The van der Waals surface area contributed by atoms with Crippen LogP contribution < -0.4 is 10.2 Å². The summed E-state index contributed by atoms with van der Waals surface area (Å²) in [7, 11) is 0. The molecule has 1 saturated carbocycles. The highest BCUT2D eigenvalue weighted by Gasteiger charge is 2.39. The number of hydrogen-bond acceptors (Lipinski definition) is 2. The van der Waals surface area contributed by atoms with E-state index in [1.165, 1.54) is 0 Å². The second-order valence-corrected chi connectivity index (χ2v) is 8.11. The van der Waals surface area contributed by atoms with Crippen LogP contribution in [0.5, 0.6) is 0 Å². The van der Waals surface area contributed by atoms with Crippen molar-refractivity contribution >= 4 is 29.1 Å². The SMILES string of the molecule is CC1CCC(NC(=O)[C@H]2c3cccn3CC(=O)N2c2ccc(Cl)cc2)CC1. The highest BCUT2D eigenvalue weighted by Crippen LogP contribution is 2.33. The van der Waals surface area contributed by atoms with Crippen LogP contribution in [0.3, 0.4) is 0 Å². The third-order valence-corrected chi connectivity index (χ3v) is 5.94. The van der Waals surface area contributed by atoms with Crippen molar-refractivity contribution in [3.63, 3.8) is 0 Å². The Bertz CT molecular complexity index is 837. The molecule has 0 saturated heterocycles. The van der Waals surface area contributed by atoms with Gasteiger partial charge < -0.3 is 9.88 Å². The van der Waals surface area contributed by atoms with Crippen molar-refractivity contribution in [3.8, 4) is 0 Å². The molecule has 142 valence electrons. The third-order valence-electron chi connectivity index (χ3n) is 5.69. The van der Waals surface area contributed by atoms with Gasteiger partial charge in [-0.2, -0.15) is 0 Å². The summed E-state index contributed by atoms with van der Waals surface area (Å²) in [5.41, 5.74) is 1.53. The van der Waals surface area contributed by atoms with Gasteiger partial charge in [0.1, 0.15) is 6.54 Å². The summed E-state index contributed by atoms with van der Waals surface area (Å²) < 4.78 is 1.86. The van der Waals surface area contributed by atoms with E-state index in [1.54, 1.807) is 29.2 Å². The van der Waals surface area contributed by atoms with Crippen molar-refractivity contribution in [1.82, 2.24) is 9.88 Å². The Morgan fingerprint density at radius 1 is 1.11 bits per heavy atom.